The normalized spacial score (nSPS) is 21.1. The first kappa shape index (κ1) is 19.0. The minimum absolute atomic E-state index is 0.00632. The fraction of sp³-hybridized carbons (Fsp3) is 0.286. The zero-order valence-electron chi connectivity index (χ0n) is 15.6. The molecule has 1 N–H and O–H groups in total. The third kappa shape index (κ3) is 3.14. The van der Waals surface area contributed by atoms with E-state index in [0.717, 1.165) is 11.1 Å². The maximum atomic E-state index is 13.2. The topological polar surface area (TPSA) is 69.7 Å². The van der Waals surface area contributed by atoms with Crippen molar-refractivity contribution in [3.63, 3.8) is 0 Å². The highest BCUT2D eigenvalue weighted by Gasteiger charge is 2.42. The van der Waals surface area contributed by atoms with Gasteiger partial charge in [-0.3, -0.25) is 19.3 Å². The van der Waals surface area contributed by atoms with Gasteiger partial charge in [0.25, 0.3) is 5.91 Å². The maximum absolute atomic E-state index is 13.2. The van der Waals surface area contributed by atoms with E-state index in [-0.39, 0.29) is 18.9 Å². The van der Waals surface area contributed by atoms with Crippen LogP contribution in [0.1, 0.15) is 18.0 Å². The molecule has 0 aromatic heterocycles. The Bertz CT molecular complexity index is 995. The molecule has 8 heteroatoms. The van der Waals surface area contributed by atoms with Crippen LogP contribution in [0.4, 0.5) is 14.5 Å². The molecule has 0 saturated carbocycles. The van der Waals surface area contributed by atoms with Crippen LogP contribution in [0.25, 0.3) is 11.1 Å². The van der Waals surface area contributed by atoms with E-state index in [1.54, 1.807) is 19.2 Å². The molecule has 4 rings (SSSR count). The van der Waals surface area contributed by atoms with Gasteiger partial charge in [-0.2, -0.15) is 8.78 Å². The molecule has 6 nitrogen and oxygen atoms in total. The Hall–Kier alpha value is -3.29. The standard InChI is InChI=1S/C21H19F2N3O3/c1-25-16-9-5-4-7-13(16)12-6-2-3-8-14(12)17(20(25)29)24-18(27)15-10-11-26(19(15)28)21(22)23/h2-9,15,17,21H,10-11H2,1H3,(H,24,27)/t15?,17-/m0/s1. The first-order valence-corrected chi connectivity index (χ1v) is 9.25. The summed E-state index contributed by atoms with van der Waals surface area (Å²) in [4.78, 5) is 39.9. The molecule has 150 valence electrons. The average molecular weight is 399 g/mol. The van der Waals surface area contributed by atoms with Crippen LogP contribution in [0.5, 0.6) is 0 Å². The number of likely N-dealkylation sites (N-methyl/N-ethyl adjacent to an activating group) is 1. The molecule has 2 atom stereocenters. The van der Waals surface area contributed by atoms with Crippen LogP contribution >= 0.6 is 0 Å². The number of benzene rings is 2. The van der Waals surface area contributed by atoms with Gasteiger partial charge in [0.15, 0.2) is 0 Å². The second-order valence-corrected chi connectivity index (χ2v) is 7.09. The van der Waals surface area contributed by atoms with Gasteiger partial charge in [-0.1, -0.05) is 42.5 Å². The molecule has 0 bridgehead atoms. The lowest BCUT2D eigenvalue weighted by Crippen LogP contribution is -2.44. The summed E-state index contributed by atoms with van der Waals surface area (Å²) in [6.07, 6.45) is -0.00632. The van der Waals surface area contributed by atoms with E-state index in [2.05, 4.69) is 5.32 Å². The number of hydrogen-bond donors (Lipinski definition) is 1. The van der Waals surface area contributed by atoms with Crippen LogP contribution < -0.4 is 10.2 Å². The fourth-order valence-electron chi connectivity index (χ4n) is 3.95. The molecule has 0 spiro atoms. The second kappa shape index (κ2) is 7.27. The van der Waals surface area contributed by atoms with Crippen molar-refractivity contribution in [2.75, 3.05) is 18.5 Å². The summed E-state index contributed by atoms with van der Waals surface area (Å²) >= 11 is 0. The minimum Gasteiger partial charge on any atom is -0.340 e. The molecule has 3 amide bonds. The summed E-state index contributed by atoms with van der Waals surface area (Å²) < 4.78 is 25.8. The summed E-state index contributed by atoms with van der Waals surface area (Å²) in [5.41, 5.74) is 2.93. The number of alkyl halides is 2. The van der Waals surface area contributed by atoms with E-state index >= 15 is 0 Å². The second-order valence-electron chi connectivity index (χ2n) is 7.09. The van der Waals surface area contributed by atoms with Crippen molar-refractivity contribution in [2.24, 2.45) is 5.92 Å². The van der Waals surface area contributed by atoms with Crippen molar-refractivity contribution in [3.05, 3.63) is 54.1 Å². The van der Waals surface area contributed by atoms with E-state index in [4.69, 9.17) is 0 Å². The monoisotopic (exact) mass is 399 g/mol. The third-order valence-corrected chi connectivity index (χ3v) is 5.48. The molecule has 29 heavy (non-hydrogen) atoms. The molecule has 2 heterocycles. The predicted octanol–water partition coefficient (Wildman–Crippen LogP) is 2.56. The number of hydrogen-bond acceptors (Lipinski definition) is 3. The van der Waals surface area contributed by atoms with E-state index in [1.807, 2.05) is 36.4 Å². The minimum atomic E-state index is -2.94. The summed E-state index contributed by atoms with van der Waals surface area (Å²) in [5, 5.41) is 2.64. The lowest BCUT2D eigenvalue weighted by Gasteiger charge is -2.24. The van der Waals surface area contributed by atoms with Crippen molar-refractivity contribution in [2.45, 2.75) is 19.0 Å². The van der Waals surface area contributed by atoms with Crippen LogP contribution in [0.2, 0.25) is 0 Å². The van der Waals surface area contributed by atoms with Gasteiger partial charge in [-0.15, -0.1) is 0 Å². The largest absolute Gasteiger partial charge is 0.340 e. The Balaban J connectivity index is 1.69. The number of likely N-dealkylation sites (tertiary alicyclic amines) is 1. The van der Waals surface area contributed by atoms with Crippen molar-refractivity contribution in [1.29, 1.82) is 0 Å². The Labute approximate surface area is 166 Å². The van der Waals surface area contributed by atoms with Crippen LogP contribution in [0, 0.1) is 5.92 Å². The SMILES string of the molecule is CN1C(=O)[C@@H](NC(=O)C2CCN(C(F)F)C2=O)c2ccccc2-c2ccccc21. The molecular formula is C21H19F2N3O3. The smallest absolute Gasteiger partial charge is 0.317 e. The summed E-state index contributed by atoms with van der Waals surface area (Å²) in [5.74, 6) is -3.22. The predicted molar refractivity (Wildman–Crippen MR) is 102 cm³/mol. The Kier molecular flexibility index (Phi) is 4.77. The Morgan fingerprint density at radius 3 is 2.38 bits per heavy atom. The third-order valence-electron chi connectivity index (χ3n) is 5.48. The lowest BCUT2D eigenvalue weighted by molar-refractivity contribution is -0.146. The molecule has 1 unspecified atom stereocenters. The fourth-order valence-corrected chi connectivity index (χ4v) is 3.95. The molecule has 2 aromatic carbocycles. The molecule has 1 fully saturated rings. The first-order valence-electron chi connectivity index (χ1n) is 9.25. The van der Waals surface area contributed by atoms with Gasteiger partial charge < -0.3 is 10.2 Å². The molecular weight excluding hydrogens is 380 g/mol. The number of carbonyl (C=O) groups is 3. The Morgan fingerprint density at radius 1 is 1.03 bits per heavy atom. The number of nitrogens with zero attached hydrogens (tertiary/aromatic N) is 2. The van der Waals surface area contributed by atoms with Gasteiger partial charge in [0.05, 0.1) is 5.69 Å². The van der Waals surface area contributed by atoms with Crippen LogP contribution in [-0.2, 0) is 14.4 Å². The molecule has 2 aliphatic rings. The molecule has 0 radical (unpaired) electrons. The average Bonchev–Trinajstić information content (AvgIpc) is 3.09. The highest BCUT2D eigenvalue weighted by atomic mass is 19.3. The zero-order chi connectivity index (χ0) is 20.7. The van der Waals surface area contributed by atoms with E-state index in [0.29, 0.717) is 16.2 Å². The molecule has 0 aliphatic carbocycles. The van der Waals surface area contributed by atoms with Gasteiger partial charge >= 0.3 is 6.55 Å². The number of para-hydroxylation sites is 1. The number of nitrogens with one attached hydrogen (secondary N) is 1. The van der Waals surface area contributed by atoms with Crippen molar-refractivity contribution >= 4 is 23.4 Å². The van der Waals surface area contributed by atoms with Gasteiger partial charge in [0.1, 0.15) is 12.0 Å². The number of anilines is 1. The summed E-state index contributed by atoms with van der Waals surface area (Å²) in [7, 11) is 1.62. The van der Waals surface area contributed by atoms with Crippen molar-refractivity contribution in [1.82, 2.24) is 10.2 Å². The number of fused-ring (bicyclic) bond motifs is 3. The number of rotatable bonds is 3. The van der Waals surface area contributed by atoms with E-state index < -0.39 is 30.3 Å². The van der Waals surface area contributed by atoms with Gasteiger partial charge in [-0.05, 0) is 23.6 Å². The number of carbonyl (C=O) groups excluding carboxylic acids is 3. The molecule has 1 saturated heterocycles. The first-order chi connectivity index (χ1) is 13.9. The van der Waals surface area contributed by atoms with Gasteiger partial charge in [0, 0.05) is 19.2 Å². The van der Waals surface area contributed by atoms with E-state index in [9.17, 15) is 23.2 Å². The Morgan fingerprint density at radius 2 is 1.69 bits per heavy atom. The van der Waals surface area contributed by atoms with Gasteiger partial charge in [-0.25, -0.2) is 0 Å². The highest BCUT2D eigenvalue weighted by molar-refractivity contribution is 6.08. The van der Waals surface area contributed by atoms with Crippen molar-refractivity contribution in [3.8, 4) is 11.1 Å². The zero-order valence-corrected chi connectivity index (χ0v) is 15.6. The van der Waals surface area contributed by atoms with Crippen LogP contribution in [-0.4, -0.2) is 42.8 Å². The molecule has 2 aromatic rings. The van der Waals surface area contributed by atoms with Crippen LogP contribution in [0.3, 0.4) is 0 Å². The van der Waals surface area contributed by atoms with Crippen LogP contribution in [0.15, 0.2) is 48.5 Å². The number of halogens is 2. The highest BCUT2D eigenvalue weighted by Crippen LogP contribution is 2.39. The van der Waals surface area contributed by atoms with Crippen molar-refractivity contribution < 1.29 is 23.2 Å². The molecule has 2 aliphatic heterocycles. The maximum Gasteiger partial charge on any atom is 0.317 e. The quantitative estimate of drug-likeness (QED) is 0.637. The summed E-state index contributed by atoms with van der Waals surface area (Å²) in [6, 6.07) is 13.6. The van der Waals surface area contributed by atoms with E-state index in [1.165, 1.54) is 4.90 Å². The number of amides is 3. The summed E-state index contributed by atoms with van der Waals surface area (Å²) in [6.45, 7) is -3.13. The lowest BCUT2D eigenvalue weighted by atomic mass is 9.95. The van der Waals surface area contributed by atoms with Gasteiger partial charge in [0.2, 0.25) is 11.8 Å².